The van der Waals surface area contributed by atoms with Crippen LogP contribution in [0.4, 0.5) is 5.82 Å². The molecule has 3 rings (SSSR count). The van der Waals surface area contributed by atoms with E-state index in [1.54, 1.807) is 11.0 Å². The summed E-state index contributed by atoms with van der Waals surface area (Å²) in [5, 5.41) is 10.3. The standard InChI is InChI=1S/C14H15N3O2/c15-13-7-11(10-3-1-2-4-12(10)16-13)14(19)17-6-5-9(18)8-17/h1-4,7,9,18H,5-6,8H2,(H2,15,16). The van der Waals surface area contributed by atoms with Crippen LogP contribution in [0.15, 0.2) is 30.3 Å². The van der Waals surface area contributed by atoms with Crippen molar-refractivity contribution >= 4 is 22.6 Å². The number of likely N-dealkylation sites (tertiary alicyclic amines) is 1. The number of β-amino-alcohol motifs (C(OH)–C–C–N with tert-alkyl or cyclic N) is 1. The number of nitrogens with two attached hydrogens (primary N) is 1. The van der Waals surface area contributed by atoms with Crippen molar-refractivity contribution in [2.45, 2.75) is 12.5 Å². The minimum absolute atomic E-state index is 0.0955. The predicted molar refractivity (Wildman–Crippen MR) is 72.7 cm³/mol. The highest BCUT2D eigenvalue weighted by Crippen LogP contribution is 2.22. The van der Waals surface area contributed by atoms with Crippen LogP contribution in [-0.2, 0) is 0 Å². The fourth-order valence-electron chi connectivity index (χ4n) is 2.47. The average molecular weight is 257 g/mol. The fourth-order valence-corrected chi connectivity index (χ4v) is 2.47. The zero-order valence-electron chi connectivity index (χ0n) is 10.4. The molecule has 5 nitrogen and oxygen atoms in total. The lowest BCUT2D eigenvalue weighted by atomic mass is 10.1. The number of rotatable bonds is 1. The summed E-state index contributed by atoms with van der Waals surface area (Å²) in [6.45, 7) is 0.964. The van der Waals surface area contributed by atoms with Crippen molar-refractivity contribution in [3.63, 3.8) is 0 Å². The van der Waals surface area contributed by atoms with E-state index in [0.717, 1.165) is 5.39 Å². The second-order valence-corrected chi connectivity index (χ2v) is 4.81. The molecule has 1 fully saturated rings. The van der Waals surface area contributed by atoms with E-state index in [4.69, 9.17) is 5.73 Å². The minimum Gasteiger partial charge on any atom is -0.391 e. The molecular weight excluding hydrogens is 242 g/mol. The number of anilines is 1. The van der Waals surface area contributed by atoms with E-state index in [2.05, 4.69) is 4.98 Å². The molecule has 1 aromatic heterocycles. The van der Waals surface area contributed by atoms with Crippen LogP contribution in [0.2, 0.25) is 0 Å². The Morgan fingerprint density at radius 2 is 2.21 bits per heavy atom. The molecule has 5 heteroatoms. The van der Waals surface area contributed by atoms with Gasteiger partial charge in [0.25, 0.3) is 5.91 Å². The van der Waals surface area contributed by atoms with Gasteiger partial charge in [-0.25, -0.2) is 4.98 Å². The van der Waals surface area contributed by atoms with Gasteiger partial charge in [0, 0.05) is 18.5 Å². The monoisotopic (exact) mass is 257 g/mol. The molecule has 98 valence electrons. The summed E-state index contributed by atoms with van der Waals surface area (Å²) in [5.74, 6) is 0.239. The van der Waals surface area contributed by atoms with Gasteiger partial charge >= 0.3 is 0 Å². The smallest absolute Gasteiger partial charge is 0.254 e. The number of carbonyl (C=O) groups is 1. The van der Waals surface area contributed by atoms with E-state index in [1.807, 2.05) is 24.3 Å². The molecule has 1 aliphatic rings. The van der Waals surface area contributed by atoms with Gasteiger partial charge < -0.3 is 15.7 Å². The molecule has 1 unspecified atom stereocenters. The molecule has 1 aliphatic heterocycles. The van der Waals surface area contributed by atoms with Crippen LogP contribution in [0, 0.1) is 0 Å². The molecule has 2 aromatic rings. The SMILES string of the molecule is Nc1cc(C(=O)N2CCC(O)C2)c2ccccc2n1. The topological polar surface area (TPSA) is 79.5 Å². The van der Waals surface area contributed by atoms with Crippen LogP contribution in [0.3, 0.4) is 0 Å². The zero-order valence-corrected chi connectivity index (χ0v) is 10.4. The number of fused-ring (bicyclic) bond motifs is 1. The third-order valence-electron chi connectivity index (χ3n) is 3.42. The maximum atomic E-state index is 12.5. The van der Waals surface area contributed by atoms with Crippen molar-refractivity contribution in [1.29, 1.82) is 0 Å². The Morgan fingerprint density at radius 1 is 1.42 bits per heavy atom. The quantitative estimate of drug-likeness (QED) is 0.799. The summed E-state index contributed by atoms with van der Waals surface area (Å²) in [4.78, 5) is 18.4. The Bertz CT molecular complexity index is 642. The van der Waals surface area contributed by atoms with Gasteiger partial charge in [0.1, 0.15) is 5.82 Å². The largest absolute Gasteiger partial charge is 0.391 e. The van der Waals surface area contributed by atoms with E-state index < -0.39 is 6.10 Å². The molecule has 0 saturated carbocycles. The minimum atomic E-state index is -0.422. The van der Waals surface area contributed by atoms with E-state index in [0.29, 0.717) is 36.4 Å². The van der Waals surface area contributed by atoms with Crippen LogP contribution >= 0.6 is 0 Å². The first-order chi connectivity index (χ1) is 9.15. The summed E-state index contributed by atoms with van der Waals surface area (Å²) in [6.07, 6.45) is 0.207. The number of amides is 1. The highest BCUT2D eigenvalue weighted by Gasteiger charge is 2.26. The Kier molecular flexibility index (Phi) is 2.83. The average Bonchev–Trinajstić information content (AvgIpc) is 2.83. The van der Waals surface area contributed by atoms with E-state index in [1.165, 1.54) is 0 Å². The van der Waals surface area contributed by atoms with Crippen molar-refractivity contribution in [1.82, 2.24) is 9.88 Å². The lowest BCUT2D eigenvalue weighted by Gasteiger charge is -2.17. The number of aliphatic hydroxyl groups is 1. The van der Waals surface area contributed by atoms with Gasteiger partial charge in [0.2, 0.25) is 0 Å². The van der Waals surface area contributed by atoms with Crippen molar-refractivity contribution in [3.8, 4) is 0 Å². The highest BCUT2D eigenvalue weighted by atomic mass is 16.3. The summed E-state index contributed by atoms with van der Waals surface area (Å²) in [5.41, 5.74) is 7.02. The first-order valence-electron chi connectivity index (χ1n) is 6.28. The maximum absolute atomic E-state index is 12.5. The van der Waals surface area contributed by atoms with Gasteiger partial charge in [-0.15, -0.1) is 0 Å². The number of pyridine rings is 1. The molecule has 3 N–H and O–H groups in total. The number of carbonyl (C=O) groups excluding carboxylic acids is 1. The summed E-state index contributed by atoms with van der Waals surface area (Å²) >= 11 is 0. The number of aliphatic hydroxyl groups excluding tert-OH is 1. The van der Waals surface area contributed by atoms with Gasteiger partial charge in [0.05, 0.1) is 17.2 Å². The Labute approximate surface area is 110 Å². The normalized spacial score (nSPS) is 19.0. The maximum Gasteiger partial charge on any atom is 0.254 e. The number of aromatic nitrogens is 1. The van der Waals surface area contributed by atoms with Crippen LogP contribution in [0.1, 0.15) is 16.8 Å². The predicted octanol–water partition coefficient (Wildman–Crippen LogP) is 1.02. The van der Waals surface area contributed by atoms with Crippen LogP contribution in [-0.4, -0.2) is 40.1 Å². The molecule has 0 aliphatic carbocycles. The van der Waals surface area contributed by atoms with Gasteiger partial charge in [-0.05, 0) is 18.6 Å². The third-order valence-corrected chi connectivity index (χ3v) is 3.42. The third kappa shape index (κ3) is 2.13. The van der Waals surface area contributed by atoms with E-state index in [9.17, 15) is 9.90 Å². The summed E-state index contributed by atoms with van der Waals surface area (Å²) < 4.78 is 0. The number of nitrogens with zero attached hydrogens (tertiary/aromatic N) is 2. The molecular formula is C14H15N3O2. The van der Waals surface area contributed by atoms with Crippen LogP contribution in [0.5, 0.6) is 0 Å². The zero-order chi connectivity index (χ0) is 13.4. The second kappa shape index (κ2) is 4.51. The summed E-state index contributed by atoms with van der Waals surface area (Å²) in [7, 11) is 0. The van der Waals surface area contributed by atoms with Crippen LogP contribution < -0.4 is 5.73 Å². The number of nitrogen functional groups attached to an aromatic ring is 1. The first-order valence-corrected chi connectivity index (χ1v) is 6.28. The molecule has 19 heavy (non-hydrogen) atoms. The van der Waals surface area contributed by atoms with Crippen LogP contribution in [0.25, 0.3) is 10.9 Å². The van der Waals surface area contributed by atoms with E-state index >= 15 is 0 Å². The summed E-state index contributed by atoms with van der Waals surface area (Å²) in [6, 6.07) is 9.04. The Balaban J connectivity index is 2.06. The molecule has 2 heterocycles. The number of para-hydroxylation sites is 1. The first kappa shape index (κ1) is 11.9. The number of benzene rings is 1. The Hall–Kier alpha value is -2.14. The van der Waals surface area contributed by atoms with Crippen molar-refractivity contribution in [3.05, 3.63) is 35.9 Å². The van der Waals surface area contributed by atoms with Crippen molar-refractivity contribution in [2.75, 3.05) is 18.8 Å². The van der Waals surface area contributed by atoms with Gasteiger partial charge in [-0.1, -0.05) is 18.2 Å². The molecule has 1 aromatic carbocycles. The lowest BCUT2D eigenvalue weighted by molar-refractivity contribution is 0.0767. The van der Waals surface area contributed by atoms with Gasteiger partial charge in [0.15, 0.2) is 0 Å². The molecule has 1 atom stereocenters. The van der Waals surface area contributed by atoms with E-state index in [-0.39, 0.29) is 5.91 Å². The number of hydrogen-bond acceptors (Lipinski definition) is 4. The van der Waals surface area contributed by atoms with Gasteiger partial charge in [-0.3, -0.25) is 4.79 Å². The van der Waals surface area contributed by atoms with Crippen molar-refractivity contribution < 1.29 is 9.90 Å². The lowest BCUT2D eigenvalue weighted by Crippen LogP contribution is -2.29. The molecule has 0 bridgehead atoms. The molecule has 1 saturated heterocycles. The Morgan fingerprint density at radius 3 is 2.95 bits per heavy atom. The molecule has 1 amide bonds. The molecule has 0 radical (unpaired) electrons. The fraction of sp³-hybridized carbons (Fsp3) is 0.286. The number of hydrogen-bond donors (Lipinski definition) is 2. The highest BCUT2D eigenvalue weighted by molar-refractivity contribution is 6.06. The second-order valence-electron chi connectivity index (χ2n) is 4.81. The van der Waals surface area contributed by atoms with Gasteiger partial charge in [-0.2, -0.15) is 0 Å². The van der Waals surface area contributed by atoms with Crippen molar-refractivity contribution in [2.24, 2.45) is 0 Å². The molecule has 0 spiro atoms.